The molecule has 0 bridgehead atoms. The molecule has 1 aromatic heterocycles. The average Bonchev–Trinajstić information content (AvgIpc) is 2.89. The molecule has 0 N–H and O–H groups in total. The number of halogens is 2. The standard InChI is InChI=1S/C15H12ClFOS/c16-12-5-1-4-11(14(12)17)15(18)10-3-2-6-13-9(10)7-8-19-13/h1,4-5,7-8,10H,2-3,6H2. The molecule has 0 radical (unpaired) electrons. The van der Waals surface area contributed by atoms with Gasteiger partial charge in [0.1, 0.15) is 0 Å². The lowest BCUT2D eigenvalue weighted by molar-refractivity contribution is 0.0947. The molecule has 1 aromatic carbocycles. The van der Waals surface area contributed by atoms with Gasteiger partial charge >= 0.3 is 0 Å². The van der Waals surface area contributed by atoms with Crippen molar-refractivity contribution in [1.29, 1.82) is 0 Å². The van der Waals surface area contributed by atoms with Crippen molar-refractivity contribution < 1.29 is 9.18 Å². The van der Waals surface area contributed by atoms with Crippen molar-refractivity contribution in [2.45, 2.75) is 25.2 Å². The second-order valence-electron chi connectivity index (χ2n) is 4.71. The topological polar surface area (TPSA) is 17.1 Å². The zero-order valence-corrected chi connectivity index (χ0v) is 11.7. The molecule has 0 fully saturated rings. The third-order valence-electron chi connectivity index (χ3n) is 3.59. The largest absolute Gasteiger partial charge is 0.293 e. The first-order valence-corrected chi connectivity index (χ1v) is 7.48. The Balaban J connectivity index is 2.00. The van der Waals surface area contributed by atoms with E-state index in [2.05, 4.69) is 0 Å². The van der Waals surface area contributed by atoms with E-state index < -0.39 is 5.82 Å². The molecule has 1 aliphatic rings. The molecule has 1 atom stereocenters. The first-order chi connectivity index (χ1) is 9.18. The van der Waals surface area contributed by atoms with E-state index in [0.29, 0.717) is 0 Å². The highest BCUT2D eigenvalue weighted by Gasteiger charge is 2.29. The molecule has 1 unspecified atom stereocenters. The zero-order valence-electron chi connectivity index (χ0n) is 10.2. The molecule has 19 heavy (non-hydrogen) atoms. The SMILES string of the molecule is O=C(c1cccc(Cl)c1F)C1CCCc2sccc21. The predicted molar refractivity (Wildman–Crippen MR) is 75.7 cm³/mol. The molecule has 0 spiro atoms. The number of ketones is 1. The minimum atomic E-state index is -0.600. The molecule has 1 heterocycles. The Kier molecular flexibility index (Phi) is 3.42. The van der Waals surface area contributed by atoms with Crippen LogP contribution < -0.4 is 0 Å². The van der Waals surface area contributed by atoms with Crippen molar-refractivity contribution in [2.24, 2.45) is 0 Å². The van der Waals surface area contributed by atoms with Crippen LogP contribution in [0.4, 0.5) is 4.39 Å². The van der Waals surface area contributed by atoms with Gasteiger partial charge in [-0.15, -0.1) is 11.3 Å². The van der Waals surface area contributed by atoms with Crippen molar-refractivity contribution in [1.82, 2.24) is 0 Å². The highest BCUT2D eigenvalue weighted by Crippen LogP contribution is 2.37. The second-order valence-corrected chi connectivity index (χ2v) is 6.12. The van der Waals surface area contributed by atoms with Crippen LogP contribution in [0, 0.1) is 5.82 Å². The first-order valence-electron chi connectivity index (χ1n) is 6.23. The van der Waals surface area contributed by atoms with Gasteiger partial charge in [-0.1, -0.05) is 17.7 Å². The predicted octanol–water partition coefficient (Wildman–Crippen LogP) is 4.84. The second kappa shape index (κ2) is 5.06. The maximum atomic E-state index is 14.0. The fraction of sp³-hybridized carbons (Fsp3) is 0.267. The number of carbonyl (C=O) groups excluding carboxylic acids is 1. The van der Waals surface area contributed by atoms with Gasteiger partial charge in [-0.2, -0.15) is 0 Å². The van der Waals surface area contributed by atoms with Gasteiger partial charge in [0.25, 0.3) is 0 Å². The molecule has 1 aliphatic carbocycles. The van der Waals surface area contributed by atoms with Crippen LogP contribution in [-0.2, 0) is 6.42 Å². The van der Waals surface area contributed by atoms with Gasteiger partial charge in [0.05, 0.1) is 10.6 Å². The Morgan fingerprint density at radius 1 is 1.37 bits per heavy atom. The number of aryl methyl sites for hydroxylation is 1. The van der Waals surface area contributed by atoms with Crippen molar-refractivity contribution >= 4 is 28.7 Å². The lowest BCUT2D eigenvalue weighted by Gasteiger charge is -2.21. The smallest absolute Gasteiger partial charge is 0.173 e. The summed E-state index contributed by atoms with van der Waals surface area (Å²) >= 11 is 7.43. The Morgan fingerprint density at radius 3 is 3.05 bits per heavy atom. The van der Waals surface area contributed by atoms with E-state index in [0.717, 1.165) is 24.8 Å². The van der Waals surface area contributed by atoms with Crippen LogP contribution in [-0.4, -0.2) is 5.78 Å². The summed E-state index contributed by atoms with van der Waals surface area (Å²) in [5.74, 6) is -0.973. The summed E-state index contributed by atoms with van der Waals surface area (Å²) < 4.78 is 14.0. The van der Waals surface area contributed by atoms with Crippen LogP contribution in [0.3, 0.4) is 0 Å². The molecule has 0 amide bonds. The first kappa shape index (κ1) is 12.8. The molecule has 1 nitrogen and oxygen atoms in total. The van der Waals surface area contributed by atoms with Crippen LogP contribution in [0.25, 0.3) is 0 Å². The monoisotopic (exact) mass is 294 g/mol. The van der Waals surface area contributed by atoms with E-state index in [1.807, 2.05) is 11.4 Å². The zero-order chi connectivity index (χ0) is 13.4. The molecule has 0 saturated carbocycles. The molecule has 4 heteroatoms. The summed E-state index contributed by atoms with van der Waals surface area (Å²) in [6.07, 6.45) is 2.79. The van der Waals surface area contributed by atoms with Gasteiger partial charge in [0.2, 0.25) is 0 Å². The molecule has 98 valence electrons. The maximum Gasteiger partial charge on any atom is 0.173 e. The van der Waals surface area contributed by atoms with E-state index in [9.17, 15) is 9.18 Å². The number of benzene rings is 1. The molecular formula is C15H12ClFOS. The van der Waals surface area contributed by atoms with Crippen molar-refractivity contribution in [2.75, 3.05) is 0 Å². The highest BCUT2D eigenvalue weighted by molar-refractivity contribution is 7.10. The summed E-state index contributed by atoms with van der Waals surface area (Å²) in [6, 6.07) is 6.59. The lowest BCUT2D eigenvalue weighted by atomic mass is 9.82. The fourth-order valence-electron chi connectivity index (χ4n) is 2.64. The third-order valence-corrected chi connectivity index (χ3v) is 4.87. The molecule has 0 aliphatic heterocycles. The van der Waals surface area contributed by atoms with Crippen LogP contribution >= 0.6 is 22.9 Å². The van der Waals surface area contributed by atoms with Gasteiger partial charge in [0, 0.05) is 10.8 Å². The fourth-order valence-corrected chi connectivity index (χ4v) is 3.80. The Labute approximate surface area is 120 Å². The van der Waals surface area contributed by atoms with E-state index >= 15 is 0 Å². The van der Waals surface area contributed by atoms with E-state index in [1.54, 1.807) is 17.4 Å². The number of hydrogen-bond acceptors (Lipinski definition) is 2. The average molecular weight is 295 g/mol. The van der Waals surface area contributed by atoms with Crippen molar-refractivity contribution in [3.63, 3.8) is 0 Å². The minimum Gasteiger partial charge on any atom is -0.293 e. The summed E-state index contributed by atoms with van der Waals surface area (Å²) in [5, 5.41) is 2.01. The molecule has 2 aromatic rings. The van der Waals surface area contributed by atoms with Crippen LogP contribution in [0.2, 0.25) is 5.02 Å². The minimum absolute atomic E-state index is 0.00667. The third kappa shape index (κ3) is 2.21. The quantitative estimate of drug-likeness (QED) is 0.724. The van der Waals surface area contributed by atoms with Crippen LogP contribution in [0.1, 0.15) is 39.6 Å². The van der Waals surface area contributed by atoms with Gasteiger partial charge in [0.15, 0.2) is 11.6 Å². The number of carbonyl (C=O) groups is 1. The van der Waals surface area contributed by atoms with Gasteiger partial charge < -0.3 is 0 Å². The summed E-state index contributed by atoms with van der Waals surface area (Å²) in [7, 11) is 0. The molecule has 3 rings (SSSR count). The van der Waals surface area contributed by atoms with Gasteiger partial charge in [-0.25, -0.2) is 4.39 Å². The van der Waals surface area contributed by atoms with Crippen LogP contribution in [0.15, 0.2) is 29.6 Å². The number of fused-ring (bicyclic) bond motifs is 1. The Bertz CT molecular complexity index is 635. The Hall–Kier alpha value is -1.19. The normalized spacial score (nSPS) is 18.1. The van der Waals surface area contributed by atoms with Crippen LogP contribution in [0.5, 0.6) is 0 Å². The number of thiophene rings is 1. The lowest BCUT2D eigenvalue weighted by Crippen LogP contribution is -2.18. The number of hydrogen-bond donors (Lipinski definition) is 0. The van der Waals surface area contributed by atoms with E-state index in [1.165, 1.54) is 17.0 Å². The highest BCUT2D eigenvalue weighted by atomic mass is 35.5. The van der Waals surface area contributed by atoms with E-state index in [-0.39, 0.29) is 22.3 Å². The Morgan fingerprint density at radius 2 is 2.21 bits per heavy atom. The van der Waals surface area contributed by atoms with E-state index in [4.69, 9.17) is 11.6 Å². The summed E-state index contributed by atoms with van der Waals surface area (Å²) in [4.78, 5) is 13.8. The summed E-state index contributed by atoms with van der Waals surface area (Å²) in [5.41, 5.74) is 1.18. The number of rotatable bonds is 2. The van der Waals surface area contributed by atoms with Gasteiger partial charge in [-0.3, -0.25) is 4.79 Å². The summed E-state index contributed by atoms with van der Waals surface area (Å²) in [6.45, 7) is 0. The maximum absolute atomic E-state index is 14.0. The molecular weight excluding hydrogens is 283 g/mol. The van der Waals surface area contributed by atoms with Gasteiger partial charge in [-0.05, 0) is 48.4 Å². The van der Waals surface area contributed by atoms with Crippen molar-refractivity contribution in [3.8, 4) is 0 Å². The van der Waals surface area contributed by atoms with Crippen molar-refractivity contribution in [3.05, 3.63) is 56.5 Å². The number of Topliss-reactive ketones (excluding diaryl/α,β-unsaturated/α-hetero) is 1. The molecule has 0 saturated heterocycles.